The molecular weight excluding hydrogens is 226 g/mol. The molecule has 0 saturated heterocycles. The van der Waals surface area contributed by atoms with Gasteiger partial charge in [-0.25, -0.2) is 4.98 Å². The first-order valence-electron chi connectivity index (χ1n) is 6.86. The van der Waals surface area contributed by atoms with Crippen LogP contribution < -0.4 is 0 Å². The number of aromatic nitrogens is 2. The second-order valence-corrected chi connectivity index (χ2v) is 4.59. The molecule has 0 unspecified atom stereocenters. The molecule has 4 nitrogen and oxygen atoms in total. The van der Waals surface area contributed by atoms with E-state index in [0.29, 0.717) is 6.42 Å². The molecule has 0 aliphatic carbocycles. The van der Waals surface area contributed by atoms with Gasteiger partial charge in [-0.05, 0) is 26.2 Å². The van der Waals surface area contributed by atoms with Gasteiger partial charge in [0.25, 0.3) is 0 Å². The highest BCUT2D eigenvalue weighted by Crippen LogP contribution is 2.04. The lowest BCUT2D eigenvalue weighted by atomic mass is 10.2. The maximum absolute atomic E-state index is 12.0. The standard InChI is InChI=1S/C14H24N3O/c1-4-9-17(10-5-2)14(18)7-6-11-16-12-8-15-13(16)3/h12H,4-7,9-11H2,1-3H3. The third kappa shape index (κ3) is 4.51. The van der Waals surface area contributed by atoms with Crippen LogP contribution >= 0.6 is 0 Å². The average Bonchev–Trinajstić information content (AvgIpc) is 2.75. The highest BCUT2D eigenvalue weighted by atomic mass is 16.2. The molecule has 18 heavy (non-hydrogen) atoms. The largest absolute Gasteiger partial charge is 0.343 e. The molecule has 0 saturated carbocycles. The molecule has 0 bridgehead atoms. The molecule has 1 radical (unpaired) electrons. The van der Waals surface area contributed by atoms with Crippen LogP contribution in [0.25, 0.3) is 0 Å². The van der Waals surface area contributed by atoms with E-state index < -0.39 is 0 Å². The van der Waals surface area contributed by atoms with E-state index in [2.05, 4.69) is 25.0 Å². The summed E-state index contributed by atoms with van der Waals surface area (Å²) in [7, 11) is 0. The van der Waals surface area contributed by atoms with Crippen molar-refractivity contribution in [1.29, 1.82) is 0 Å². The number of nitrogens with zero attached hydrogens (tertiary/aromatic N) is 3. The predicted octanol–water partition coefficient (Wildman–Crippen LogP) is 2.42. The number of carbonyl (C=O) groups is 1. The number of aryl methyl sites for hydroxylation is 2. The van der Waals surface area contributed by atoms with E-state index >= 15 is 0 Å². The number of hydrogen-bond acceptors (Lipinski definition) is 2. The lowest BCUT2D eigenvalue weighted by Gasteiger charge is -2.21. The number of imidazole rings is 1. The molecule has 4 heteroatoms. The Bertz CT molecular complexity index is 354. The number of carbonyl (C=O) groups excluding carboxylic acids is 1. The van der Waals surface area contributed by atoms with Crippen molar-refractivity contribution in [1.82, 2.24) is 14.5 Å². The van der Waals surface area contributed by atoms with E-state index in [0.717, 1.165) is 44.7 Å². The van der Waals surface area contributed by atoms with Crippen LogP contribution in [0.15, 0.2) is 6.20 Å². The van der Waals surface area contributed by atoms with Gasteiger partial charge in [-0.3, -0.25) is 4.79 Å². The van der Waals surface area contributed by atoms with Crippen molar-refractivity contribution >= 4 is 5.91 Å². The van der Waals surface area contributed by atoms with Gasteiger partial charge in [0.2, 0.25) is 5.91 Å². The normalized spacial score (nSPS) is 10.6. The van der Waals surface area contributed by atoms with Crippen LogP contribution in [0.4, 0.5) is 0 Å². The number of hydrogen-bond donors (Lipinski definition) is 0. The molecule has 0 N–H and O–H groups in total. The van der Waals surface area contributed by atoms with Crippen molar-refractivity contribution in [2.24, 2.45) is 0 Å². The topological polar surface area (TPSA) is 38.1 Å². The van der Waals surface area contributed by atoms with Gasteiger partial charge in [-0.15, -0.1) is 0 Å². The Kier molecular flexibility index (Phi) is 6.47. The zero-order valence-corrected chi connectivity index (χ0v) is 11.8. The Hall–Kier alpha value is -1.32. The van der Waals surface area contributed by atoms with E-state index in [4.69, 9.17) is 0 Å². The van der Waals surface area contributed by atoms with Crippen LogP contribution in [-0.2, 0) is 11.3 Å². The highest BCUT2D eigenvalue weighted by molar-refractivity contribution is 5.76. The van der Waals surface area contributed by atoms with Crippen LogP contribution in [0.2, 0.25) is 0 Å². The molecular formula is C14H24N3O. The van der Waals surface area contributed by atoms with Crippen LogP contribution in [0.5, 0.6) is 0 Å². The summed E-state index contributed by atoms with van der Waals surface area (Å²) >= 11 is 0. The summed E-state index contributed by atoms with van der Waals surface area (Å²) in [5, 5.41) is 0. The summed E-state index contributed by atoms with van der Waals surface area (Å²) in [6.45, 7) is 8.79. The minimum Gasteiger partial charge on any atom is -0.343 e. The lowest BCUT2D eigenvalue weighted by molar-refractivity contribution is -0.131. The molecule has 0 spiro atoms. The quantitative estimate of drug-likeness (QED) is 0.710. The maximum Gasteiger partial charge on any atom is 0.222 e. The fourth-order valence-electron chi connectivity index (χ4n) is 2.04. The van der Waals surface area contributed by atoms with Crippen molar-refractivity contribution in [2.75, 3.05) is 13.1 Å². The monoisotopic (exact) mass is 250 g/mol. The first-order chi connectivity index (χ1) is 8.69. The summed E-state index contributed by atoms with van der Waals surface area (Å²) in [6.07, 6.45) is 8.21. The Morgan fingerprint density at radius 3 is 2.56 bits per heavy atom. The molecule has 1 aromatic rings. The van der Waals surface area contributed by atoms with Crippen LogP contribution in [0.3, 0.4) is 0 Å². The average molecular weight is 250 g/mol. The molecule has 1 heterocycles. The second-order valence-electron chi connectivity index (χ2n) is 4.59. The van der Waals surface area contributed by atoms with E-state index in [1.54, 1.807) is 0 Å². The summed E-state index contributed by atoms with van der Waals surface area (Å²) in [6, 6.07) is 0. The van der Waals surface area contributed by atoms with Gasteiger partial charge in [-0.2, -0.15) is 0 Å². The summed E-state index contributed by atoms with van der Waals surface area (Å²) in [5.74, 6) is 1.24. The molecule has 0 aliphatic heterocycles. The van der Waals surface area contributed by atoms with Gasteiger partial charge in [0.1, 0.15) is 12.0 Å². The minimum atomic E-state index is 0.278. The van der Waals surface area contributed by atoms with Gasteiger partial charge in [0, 0.05) is 32.3 Å². The molecule has 0 atom stereocenters. The second kappa shape index (κ2) is 7.90. The molecule has 0 aromatic carbocycles. The SMILES string of the molecule is CCCN(CCC)C(=O)CCCn1c[c]nc1C. The zero-order chi connectivity index (χ0) is 13.4. The van der Waals surface area contributed by atoms with Gasteiger partial charge in [-0.1, -0.05) is 13.8 Å². The van der Waals surface area contributed by atoms with Crippen LogP contribution in [0.1, 0.15) is 45.4 Å². The summed E-state index contributed by atoms with van der Waals surface area (Å²) in [4.78, 5) is 18.1. The Morgan fingerprint density at radius 1 is 1.39 bits per heavy atom. The predicted molar refractivity (Wildman–Crippen MR) is 72.2 cm³/mol. The highest BCUT2D eigenvalue weighted by Gasteiger charge is 2.11. The molecule has 1 aromatic heterocycles. The van der Waals surface area contributed by atoms with Crippen LogP contribution in [0, 0.1) is 13.1 Å². The van der Waals surface area contributed by atoms with E-state index in [1.165, 1.54) is 0 Å². The van der Waals surface area contributed by atoms with Crippen LogP contribution in [-0.4, -0.2) is 33.4 Å². The smallest absolute Gasteiger partial charge is 0.222 e. The summed E-state index contributed by atoms with van der Waals surface area (Å²) in [5.41, 5.74) is 0. The fraction of sp³-hybridized carbons (Fsp3) is 0.714. The molecule has 0 aliphatic rings. The van der Waals surface area contributed by atoms with Gasteiger partial charge in [0.05, 0.1) is 0 Å². The van der Waals surface area contributed by atoms with Crippen molar-refractivity contribution in [2.45, 2.75) is 53.0 Å². The first kappa shape index (κ1) is 14.7. The summed E-state index contributed by atoms with van der Waals surface area (Å²) < 4.78 is 2.04. The van der Waals surface area contributed by atoms with Crippen molar-refractivity contribution in [3.05, 3.63) is 18.2 Å². The van der Waals surface area contributed by atoms with E-state index in [9.17, 15) is 4.79 Å². The minimum absolute atomic E-state index is 0.278. The van der Waals surface area contributed by atoms with Gasteiger partial charge < -0.3 is 9.47 Å². The Balaban J connectivity index is 2.33. The Morgan fingerprint density at radius 2 is 2.06 bits per heavy atom. The molecule has 101 valence electrons. The van der Waals surface area contributed by atoms with Crippen molar-refractivity contribution in [3.8, 4) is 0 Å². The van der Waals surface area contributed by atoms with Gasteiger partial charge in [0.15, 0.2) is 0 Å². The Labute approximate surface area is 110 Å². The number of rotatable bonds is 8. The van der Waals surface area contributed by atoms with E-state index in [-0.39, 0.29) is 5.91 Å². The fourth-order valence-corrected chi connectivity index (χ4v) is 2.04. The third-order valence-electron chi connectivity index (χ3n) is 2.98. The maximum atomic E-state index is 12.0. The van der Waals surface area contributed by atoms with Crippen molar-refractivity contribution in [3.63, 3.8) is 0 Å². The molecule has 1 rings (SSSR count). The van der Waals surface area contributed by atoms with Crippen molar-refractivity contribution < 1.29 is 4.79 Å². The van der Waals surface area contributed by atoms with Gasteiger partial charge >= 0.3 is 0 Å². The lowest BCUT2D eigenvalue weighted by Crippen LogP contribution is -2.32. The van der Waals surface area contributed by atoms with E-state index in [1.807, 2.05) is 22.6 Å². The molecule has 1 amide bonds. The molecule has 0 fully saturated rings. The number of amides is 1. The third-order valence-corrected chi connectivity index (χ3v) is 2.98. The first-order valence-corrected chi connectivity index (χ1v) is 6.86. The zero-order valence-electron chi connectivity index (χ0n) is 11.8.